The average Bonchev–Trinajstić information content (AvgIpc) is 2.90. The summed E-state index contributed by atoms with van der Waals surface area (Å²) in [5, 5.41) is 3.54. The molecule has 0 amide bonds. The lowest BCUT2D eigenvalue weighted by Gasteiger charge is -2.16. The highest BCUT2D eigenvalue weighted by Gasteiger charge is 2.18. The van der Waals surface area contributed by atoms with Gasteiger partial charge in [-0.2, -0.15) is 0 Å². The average molecular weight is 218 g/mol. The van der Waals surface area contributed by atoms with Crippen molar-refractivity contribution in [3.8, 4) is 0 Å². The second kappa shape index (κ2) is 3.98. The Kier molecular flexibility index (Phi) is 2.48. The van der Waals surface area contributed by atoms with Gasteiger partial charge in [0.1, 0.15) is 0 Å². The number of likely N-dealkylation sites (N-methyl/N-ethyl adjacent to an activating group) is 1. The van der Waals surface area contributed by atoms with Gasteiger partial charge in [0.25, 0.3) is 0 Å². The Morgan fingerprint density at radius 1 is 1.44 bits per heavy atom. The van der Waals surface area contributed by atoms with E-state index in [2.05, 4.69) is 35.5 Å². The molecule has 0 spiro atoms. The molecule has 1 N–H and O–H groups in total. The highest BCUT2D eigenvalue weighted by Crippen LogP contribution is 2.30. The van der Waals surface area contributed by atoms with E-state index in [0.717, 1.165) is 26.2 Å². The Balaban J connectivity index is 1.78. The molecule has 3 rings (SSSR count). The number of anilines is 2. The van der Waals surface area contributed by atoms with Gasteiger partial charge in [-0.3, -0.25) is 0 Å². The predicted molar refractivity (Wildman–Crippen MR) is 66.3 cm³/mol. The van der Waals surface area contributed by atoms with Gasteiger partial charge < -0.3 is 15.0 Å². The first kappa shape index (κ1) is 9.97. The third-order valence-corrected chi connectivity index (χ3v) is 3.51. The van der Waals surface area contributed by atoms with Crippen LogP contribution in [0.5, 0.6) is 0 Å². The number of ether oxygens (including phenoxy) is 1. The summed E-state index contributed by atoms with van der Waals surface area (Å²) in [4.78, 5) is 2.33. The molecule has 0 saturated carbocycles. The van der Waals surface area contributed by atoms with Crippen LogP contribution in [0.3, 0.4) is 0 Å². The summed E-state index contributed by atoms with van der Waals surface area (Å²) in [5.41, 5.74) is 4.07. The first-order chi connectivity index (χ1) is 7.83. The maximum atomic E-state index is 5.37. The second-order valence-electron chi connectivity index (χ2n) is 4.72. The standard InChI is InChI=1S/C13H18N2O/c1-15-6-4-10-2-3-11(8-13(10)15)14-12-5-7-16-9-12/h2-3,8,12,14H,4-7,9H2,1H3. The van der Waals surface area contributed by atoms with E-state index in [1.807, 2.05) is 0 Å². The minimum absolute atomic E-state index is 0.491. The largest absolute Gasteiger partial charge is 0.380 e. The van der Waals surface area contributed by atoms with Crippen molar-refractivity contribution in [1.82, 2.24) is 0 Å². The molecule has 1 atom stereocenters. The van der Waals surface area contributed by atoms with Gasteiger partial charge in [-0.15, -0.1) is 0 Å². The summed E-state index contributed by atoms with van der Waals surface area (Å²) in [6.45, 7) is 2.88. The molecule has 2 heterocycles. The Bertz CT molecular complexity index is 386. The van der Waals surface area contributed by atoms with Gasteiger partial charge in [0, 0.05) is 31.6 Å². The van der Waals surface area contributed by atoms with E-state index >= 15 is 0 Å². The molecule has 3 nitrogen and oxygen atoms in total. The third-order valence-electron chi connectivity index (χ3n) is 3.51. The van der Waals surface area contributed by atoms with Crippen LogP contribution in [0, 0.1) is 0 Å². The number of rotatable bonds is 2. The van der Waals surface area contributed by atoms with Gasteiger partial charge in [0.2, 0.25) is 0 Å². The van der Waals surface area contributed by atoms with Crippen molar-refractivity contribution in [2.45, 2.75) is 18.9 Å². The van der Waals surface area contributed by atoms with E-state index < -0.39 is 0 Å². The Morgan fingerprint density at radius 3 is 3.19 bits per heavy atom. The van der Waals surface area contributed by atoms with E-state index in [0.29, 0.717) is 6.04 Å². The van der Waals surface area contributed by atoms with Crippen molar-refractivity contribution in [3.63, 3.8) is 0 Å². The minimum atomic E-state index is 0.491. The lowest BCUT2D eigenvalue weighted by Crippen LogP contribution is -2.19. The summed E-state index contributed by atoms with van der Waals surface area (Å²) < 4.78 is 5.37. The van der Waals surface area contributed by atoms with Gasteiger partial charge >= 0.3 is 0 Å². The fourth-order valence-electron chi connectivity index (χ4n) is 2.51. The van der Waals surface area contributed by atoms with Crippen LogP contribution in [0.25, 0.3) is 0 Å². The van der Waals surface area contributed by atoms with Crippen LogP contribution in [-0.2, 0) is 11.2 Å². The van der Waals surface area contributed by atoms with Crippen molar-refractivity contribution in [2.24, 2.45) is 0 Å². The molecule has 0 bridgehead atoms. The zero-order valence-corrected chi connectivity index (χ0v) is 9.70. The molecule has 0 aromatic heterocycles. The molecule has 1 aromatic rings. The third kappa shape index (κ3) is 1.76. The van der Waals surface area contributed by atoms with Crippen LogP contribution in [0.15, 0.2) is 18.2 Å². The number of fused-ring (bicyclic) bond motifs is 1. The van der Waals surface area contributed by atoms with Gasteiger partial charge in [-0.1, -0.05) is 6.07 Å². The highest BCUT2D eigenvalue weighted by atomic mass is 16.5. The fraction of sp³-hybridized carbons (Fsp3) is 0.538. The first-order valence-electron chi connectivity index (χ1n) is 6.01. The summed E-state index contributed by atoms with van der Waals surface area (Å²) >= 11 is 0. The fourth-order valence-corrected chi connectivity index (χ4v) is 2.51. The molecule has 2 aliphatic heterocycles. The highest BCUT2D eigenvalue weighted by molar-refractivity contribution is 5.65. The van der Waals surface area contributed by atoms with E-state index in [4.69, 9.17) is 4.74 Å². The summed E-state index contributed by atoms with van der Waals surface area (Å²) in [7, 11) is 2.16. The number of benzene rings is 1. The van der Waals surface area contributed by atoms with E-state index in [1.54, 1.807) is 0 Å². The Hall–Kier alpha value is -1.22. The normalized spacial score (nSPS) is 23.6. The predicted octanol–water partition coefficient (Wildman–Crippen LogP) is 1.88. The molecule has 1 saturated heterocycles. The first-order valence-corrected chi connectivity index (χ1v) is 6.01. The van der Waals surface area contributed by atoms with Gasteiger partial charge in [-0.25, -0.2) is 0 Å². The number of nitrogens with one attached hydrogen (secondary N) is 1. The molecule has 1 aromatic carbocycles. The van der Waals surface area contributed by atoms with Crippen LogP contribution in [-0.4, -0.2) is 32.8 Å². The lowest BCUT2D eigenvalue weighted by atomic mass is 10.1. The smallest absolute Gasteiger partial charge is 0.0668 e. The zero-order valence-electron chi connectivity index (χ0n) is 9.70. The second-order valence-corrected chi connectivity index (χ2v) is 4.72. The van der Waals surface area contributed by atoms with Crippen molar-refractivity contribution < 1.29 is 4.74 Å². The topological polar surface area (TPSA) is 24.5 Å². The van der Waals surface area contributed by atoms with E-state index in [1.165, 1.54) is 23.4 Å². The van der Waals surface area contributed by atoms with E-state index in [9.17, 15) is 0 Å². The number of nitrogens with zero attached hydrogens (tertiary/aromatic N) is 1. The summed E-state index contributed by atoms with van der Waals surface area (Å²) in [5.74, 6) is 0. The molecule has 86 valence electrons. The van der Waals surface area contributed by atoms with Crippen molar-refractivity contribution in [3.05, 3.63) is 23.8 Å². The molecule has 16 heavy (non-hydrogen) atoms. The zero-order chi connectivity index (χ0) is 11.0. The lowest BCUT2D eigenvalue weighted by molar-refractivity contribution is 0.195. The molecule has 0 radical (unpaired) electrons. The van der Waals surface area contributed by atoms with Crippen LogP contribution < -0.4 is 10.2 Å². The van der Waals surface area contributed by atoms with Crippen molar-refractivity contribution in [1.29, 1.82) is 0 Å². The minimum Gasteiger partial charge on any atom is -0.380 e. The summed E-state index contributed by atoms with van der Waals surface area (Å²) in [6, 6.07) is 7.19. The van der Waals surface area contributed by atoms with Crippen LogP contribution in [0.1, 0.15) is 12.0 Å². The number of hydrogen-bond acceptors (Lipinski definition) is 3. The molecule has 0 aliphatic carbocycles. The van der Waals surface area contributed by atoms with Gasteiger partial charge in [0.05, 0.1) is 12.6 Å². The molecule has 3 heteroatoms. The van der Waals surface area contributed by atoms with E-state index in [-0.39, 0.29) is 0 Å². The molecular formula is C13H18N2O. The molecular weight excluding hydrogens is 200 g/mol. The molecule has 1 unspecified atom stereocenters. The van der Waals surface area contributed by atoms with Crippen LogP contribution in [0.2, 0.25) is 0 Å². The SMILES string of the molecule is CN1CCc2ccc(NC3CCOC3)cc21. The molecule has 1 fully saturated rings. The monoisotopic (exact) mass is 218 g/mol. The van der Waals surface area contributed by atoms with Crippen molar-refractivity contribution >= 4 is 11.4 Å². The quantitative estimate of drug-likeness (QED) is 0.820. The maximum absolute atomic E-state index is 5.37. The molecule has 2 aliphatic rings. The van der Waals surface area contributed by atoms with Gasteiger partial charge in [0.15, 0.2) is 0 Å². The Labute approximate surface area is 96.4 Å². The van der Waals surface area contributed by atoms with Gasteiger partial charge in [-0.05, 0) is 30.5 Å². The summed E-state index contributed by atoms with van der Waals surface area (Å²) in [6.07, 6.45) is 2.30. The number of hydrogen-bond donors (Lipinski definition) is 1. The maximum Gasteiger partial charge on any atom is 0.0668 e. The van der Waals surface area contributed by atoms with Crippen LogP contribution >= 0.6 is 0 Å². The Morgan fingerprint density at radius 2 is 2.38 bits per heavy atom. The van der Waals surface area contributed by atoms with Crippen LogP contribution in [0.4, 0.5) is 11.4 Å². The van der Waals surface area contributed by atoms with Crippen molar-refractivity contribution in [2.75, 3.05) is 37.0 Å².